The van der Waals surface area contributed by atoms with E-state index in [0.717, 1.165) is 27.1 Å². The maximum atomic E-state index is 12.3. The molecule has 1 aliphatic heterocycles. The molecule has 2 amide bonds. The van der Waals surface area contributed by atoms with E-state index < -0.39 is 0 Å². The van der Waals surface area contributed by atoms with Crippen LogP contribution < -0.4 is 5.32 Å². The maximum absolute atomic E-state index is 12.3. The molecule has 0 aliphatic carbocycles. The van der Waals surface area contributed by atoms with Crippen molar-refractivity contribution >= 4 is 39.1 Å². The van der Waals surface area contributed by atoms with Crippen molar-refractivity contribution in [3.8, 4) is 0 Å². The van der Waals surface area contributed by atoms with Crippen LogP contribution in [0.4, 0.5) is 0 Å². The fraction of sp³-hybridized carbons (Fsp3) is 0.538. The molecule has 0 unspecified atom stereocenters. The van der Waals surface area contributed by atoms with Gasteiger partial charge in [0.25, 0.3) is 5.91 Å². The van der Waals surface area contributed by atoms with Gasteiger partial charge in [-0.1, -0.05) is 0 Å². The normalized spacial score (nSPS) is 16.5. The number of aryl methyl sites for hydroxylation is 1. The van der Waals surface area contributed by atoms with Crippen LogP contribution in [0, 0.1) is 12.8 Å². The van der Waals surface area contributed by atoms with Crippen molar-refractivity contribution in [3.63, 3.8) is 0 Å². The maximum Gasteiger partial charge on any atom is 0.263 e. The Bertz CT molecular complexity index is 473. The zero-order valence-electron chi connectivity index (χ0n) is 11.0. The van der Waals surface area contributed by atoms with Gasteiger partial charge in [-0.15, -0.1) is 11.3 Å². The van der Waals surface area contributed by atoms with Crippen LogP contribution in [0.2, 0.25) is 0 Å². The molecule has 1 N–H and O–H groups in total. The Hall–Kier alpha value is -0.880. The van der Waals surface area contributed by atoms with Crippen LogP contribution in [0.15, 0.2) is 9.85 Å². The van der Waals surface area contributed by atoms with Crippen LogP contribution in [-0.2, 0) is 4.79 Å². The number of nitrogens with one attached hydrogen (secondary N) is 1. The van der Waals surface area contributed by atoms with E-state index in [1.54, 1.807) is 7.05 Å². The van der Waals surface area contributed by atoms with Crippen molar-refractivity contribution in [2.24, 2.45) is 5.92 Å². The highest BCUT2D eigenvalue weighted by Gasteiger charge is 2.27. The summed E-state index contributed by atoms with van der Waals surface area (Å²) in [6.45, 7) is 3.30. The number of piperidine rings is 1. The van der Waals surface area contributed by atoms with E-state index in [2.05, 4.69) is 21.2 Å². The highest BCUT2D eigenvalue weighted by atomic mass is 79.9. The van der Waals surface area contributed by atoms with Gasteiger partial charge in [0.1, 0.15) is 0 Å². The van der Waals surface area contributed by atoms with E-state index in [1.807, 2.05) is 17.9 Å². The first-order valence-electron chi connectivity index (χ1n) is 6.29. The zero-order chi connectivity index (χ0) is 14.0. The lowest BCUT2D eigenvalue weighted by molar-refractivity contribution is -0.125. The van der Waals surface area contributed by atoms with Crippen molar-refractivity contribution < 1.29 is 9.59 Å². The Morgan fingerprint density at radius 1 is 1.42 bits per heavy atom. The van der Waals surface area contributed by atoms with Gasteiger partial charge < -0.3 is 10.2 Å². The van der Waals surface area contributed by atoms with E-state index >= 15 is 0 Å². The second kappa shape index (κ2) is 6.05. The molecule has 0 atom stereocenters. The number of carbonyl (C=O) groups is 2. The first-order chi connectivity index (χ1) is 9.02. The minimum absolute atomic E-state index is 0.0471. The lowest BCUT2D eigenvalue weighted by atomic mass is 9.96. The number of amides is 2. The molecule has 1 fully saturated rings. The lowest BCUT2D eigenvalue weighted by Gasteiger charge is -2.30. The lowest BCUT2D eigenvalue weighted by Crippen LogP contribution is -2.42. The van der Waals surface area contributed by atoms with Crippen LogP contribution in [0.25, 0.3) is 0 Å². The Labute approximate surface area is 125 Å². The first kappa shape index (κ1) is 14.5. The summed E-state index contributed by atoms with van der Waals surface area (Å²) in [7, 11) is 1.66. The average Bonchev–Trinajstić information content (AvgIpc) is 2.77. The summed E-state index contributed by atoms with van der Waals surface area (Å²) in [6.07, 6.45) is 1.49. The summed E-state index contributed by atoms with van der Waals surface area (Å²) in [4.78, 5) is 26.5. The highest BCUT2D eigenvalue weighted by Crippen LogP contribution is 2.29. The molecule has 0 aromatic carbocycles. The van der Waals surface area contributed by atoms with Gasteiger partial charge in [-0.2, -0.15) is 0 Å². The topological polar surface area (TPSA) is 49.4 Å². The molecule has 0 saturated carbocycles. The number of nitrogens with zero attached hydrogens (tertiary/aromatic N) is 1. The molecule has 0 bridgehead atoms. The van der Waals surface area contributed by atoms with Crippen LogP contribution >= 0.6 is 27.3 Å². The predicted molar refractivity (Wildman–Crippen MR) is 79.5 cm³/mol. The van der Waals surface area contributed by atoms with E-state index in [0.29, 0.717) is 13.1 Å². The molecular weight excluding hydrogens is 328 g/mol. The van der Waals surface area contributed by atoms with Crippen LogP contribution in [0.5, 0.6) is 0 Å². The number of hydrogen-bond donors (Lipinski definition) is 1. The number of likely N-dealkylation sites (tertiary alicyclic amines) is 1. The predicted octanol–water partition coefficient (Wildman–Crippen LogP) is 2.42. The van der Waals surface area contributed by atoms with Gasteiger partial charge in [0, 0.05) is 26.1 Å². The summed E-state index contributed by atoms with van der Waals surface area (Å²) in [5, 5.41) is 2.67. The van der Waals surface area contributed by atoms with Gasteiger partial charge in [-0.25, -0.2) is 0 Å². The van der Waals surface area contributed by atoms with Gasteiger partial charge in [-0.3, -0.25) is 9.59 Å². The third-order valence-corrected chi connectivity index (χ3v) is 5.59. The number of thiophene rings is 1. The molecule has 19 heavy (non-hydrogen) atoms. The standard InChI is InChI=1S/C13H17BrN2O2S/c1-8-7-10(19-11(8)14)13(18)16-5-3-9(4-6-16)12(17)15-2/h7,9H,3-6H2,1-2H3,(H,15,17). The number of halogens is 1. The second-order valence-corrected chi connectivity index (χ2v) is 7.12. The van der Waals surface area contributed by atoms with Gasteiger partial charge in [0.05, 0.1) is 8.66 Å². The van der Waals surface area contributed by atoms with Crippen molar-refractivity contribution in [2.45, 2.75) is 19.8 Å². The molecule has 0 radical (unpaired) electrons. The summed E-state index contributed by atoms with van der Waals surface area (Å²) in [5.41, 5.74) is 1.09. The zero-order valence-corrected chi connectivity index (χ0v) is 13.4. The third-order valence-electron chi connectivity index (χ3n) is 3.47. The number of carbonyl (C=O) groups excluding carboxylic acids is 2. The Kier molecular flexibility index (Phi) is 4.62. The molecule has 2 heterocycles. The van der Waals surface area contributed by atoms with Crippen LogP contribution in [-0.4, -0.2) is 36.9 Å². The summed E-state index contributed by atoms with van der Waals surface area (Å²) in [5.74, 6) is 0.210. The van der Waals surface area contributed by atoms with Gasteiger partial charge >= 0.3 is 0 Å². The van der Waals surface area contributed by atoms with E-state index in [9.17, 15) is 9.59 Å². The van der Waals surface area contributed by atoms with Gasteiger partial charge in [0.15, 0.2) is 0 Å². The highest BCUT2D eigenvalue weighted by molar-refractivity contribution is 9.11. The molecule has 1 aromatic heterocycles. The largest absolute Gasteiger partial charge is 0.359 e. The molecule has 6 heteroatoms. The van der Waals surface area contributed by atoms with E-state index in [1.165, 1.54) is 11.3 Å². The fourth-order valence-corrected chi connectivity index (χ4v) is 3.77. The summed E-state index contributed by atoms with van der Waals surface area (Å²) >= 11 is 4.92. The van der Waals surface area contributed by atoms with Crippen molar-refractivity contribution in [2.75, 3.05) is 20.1 Å². The molecule has 104 valence electrons. The monoisotopic (exact) mass is 344 g/mol. The Balaban J connectivity index is 1.98. The molecule has 1 aliphatic rings. The Morgan fingerprint density at radius 3 is 2.53 bits per heavy atom. The summed E-state index contributed by atoms with van der Waals surface area (Å²) in [6, 6.07) is 1.92. The SMILES string of the molecule is CNC(=O)C1CCN(C(=O)c2cc(C)c(Br)s2)CC1. The fourth-order valence-electron chi connectivity index (χ4n) is 2.27. The van der Waals surface area contributed by atoms with Gasteiger partial charge in [0.2, 0.25) is 5.91 Å². The minimum Gasteiger partial charge on any atom is -0.359 e. The molecule has 1 aromatic rings. The quantitative estimate of drug-likeness (QED) is 0.895. The van der Waals surface area contributed by atoms with Crippen molar-refractivity contribution in [1.82, 2.24) is 10.2 Å². The van der Waals surface area contributed by atoms with Crippen molar-refractivity contribution in [1.29, 1.82) is 0 Å². The smallest absolute Gasteiger partial charge is 0.263 e. The third kappa shape index (κ3) is 3.17. The van der Waals surface area contributed by atoms with Crippen LogP contribution in [0.1, 0.15) is 28.1 Å². The number of rotatable bonds is 2. The molecule has 2 rings (SSSR count). The molecule has 0 spiro atoms. The number of hydrogen-bond acceptors (Lipinski definition) is 3. The van der Waals surface area contributed by atoms with Crippen molar-refractivity contribution in [3.05, 3.63) is 20.3 Å². The van der Waals surface area contributed by atoms with Crippen LogP contribution in [0.3, 0.4) is 0 Å². The molecular formula is C13H17BrN2O2S. The molecule has 1 saturated heterocycles. The molecule has 4 nitrogen and oxygen atoms in total. The van der Waals surface area contributed by atoms with E-state index in [4.69, 9.17) is 0 Å². The second-order valence-electron chi connectivity index (χ2n) is 4.75. The average molecular weight is 345 g/mol. The minimum atomic E-state index is 0.0471. The summed E-state index contributed by atoms with van der Waals surface area (Å²) < 4.78 is 1.01. The van der Waals surface area contributed by atoms with Gasteiger partial charge in [-0.05, 0) is 47.3 Å². The first-order valence-corrected chi connectivity index (χ1v) is 7.90. The van der Waals surface area contributed by atoms with E-state index in [-0.39, 0.29) is 17.7 Å². The Morgan fingerprint density at radius 2 is 2.05 bits per heavy atom.